The Kier molecular flexibility index (Phi) is 11.8. The summed E-state index contributed by atoms with van der Waals surface area (Å²) in [5.41, 5.74) is 1.51. The lowest BCUT2D eigenvalue weighted by Crippen LogP contribution is -2.57. The fraction of sp³-hybridized carbons (Fsp3) is 0.654. The van der Waals surface area contributed by atoms with E-state index in [9.17, 15) is 14.4 Å². The third-order valence-electron chi connectivity index (χ3n) is 5.98. The van der Waals surface area contributed by atoms with Crippen LogP contribution < -0.4 is 5.32 Å². The van der Waals surface area contributed by atoms with E-state index >= 15 is 0 Å². The van der Waals surface area contributed by atoms with Gasteiger partial charge in [0.15, 0.2) is 0 Å². The molecule has 6 heteroatoms. The molecule has 0 saturated carbocycles. The van der Waals surface area contributed by atoms with Crippen LogP contribution in [0.15, 0.2) is 24.3 Å². The third-order valence-corrected chi connectivity index (χ3v) is 5.98. The largest absolute Gasteiger partial charge is 0.466 e. The number of aryl methyl sites for hydroxylation is 1. The lowest BCUT2D eigenvalue weighted by Gasteiger charge is -2.34. The van der Waals surface area contributed by atoms with Gasteiger partial charge in [-0.25, -0.2) is 0 Å². The highest BCUT2D eigenvalue weighted by Gasteiger charge is 2.35. The van der Waals surface area contributed by atoms with Crippen LogP contribution in [0.4, 0.5) is 0 Å². The van der Waals surface area contributed by atoms with Crippen LogP contribution in [0.3, 0.4) is 0 Å². The van der Waals surface area contributed by atoms with Gasteiger partial charge >= 0.3 is 5.97 Å². The molecule has 1 fully saturated rings. The van der Waals surface area contributed by atoms with Crippen molar-refractivity contribution in [3.05, 3.63) is 35.4 Å². The Morgan fingerprint density at radius 3 is 2.34 bits per heavy atom. The summed E-state index contributed by atoms with van der Waals surface area (Å²) < 4.78 is 5.36. The SMILES string of the molecule is CCCCCCCCCCCCOC(=O)CC1C(=O)NCCN1C(=O)c1cccc(C)c1. The fourth-order valence-electron chi connectivity index (χ4n) is 4.10. The molecule has 6 nitrogen and oxygen atoms in total. The zero-order valence-electron chi connectivity index (χ0n) is 19.9. The lowest BCUT2D eigenvalue weighted by molar-refractivity contribution is -0.147. The van der Waals surface area contributed by atoms with E-state index in [0.29, 0.717) is 25.3 Å². The van der Waals surface area contributed by atoms with E-state index in [4.69, 9.17) is 4.74 Å². The van der Waals surface area contributed by atoms with Gasteiger partial charge in [0.25, 0.3) is 5.91 Å². The molecule has 0 radical (unpaired) electrons. The van der Waals surface area contributed by atoms with E-state index in [1.165, 1.54) is 49.8 Å². The zero-order chi connectivity index (χ0) is 23.2. The average Bonchev–Trinajstić information content (AvgIpc) is 2.78. The number of amides is 2. The van der Waals surface area contributed by atoms with Gasteiger partial charge in [-0.15, -0.1) is 0 Å². The number of benzene rings is 1. The maximum atomic E-state index is 12.9. The molecule has 0 spiro atoms. The van der Waals surface area contributed by atoms with Crippen LogP contribution in [0.1, 0.15) is 93.5 Å². The second kappa shape index (κ2) is 14.6. The Labute approximate surface area is 193 Å². The van der Waals surface area contributed by atoms with Crippen LogP contribution in [0, 0.1) is 6.92 Å². The minimum absolute atomic E-state index is 0.110. The summed E-state index contributed by atoms with van der Waals surface area (Å²) in [6, 6.07) is 6.46. The van der Waals surface area contributed by atoms with Gasteiger partial charge < -0.3 is 15.0 Å². The number of hydrogen-bond acceptors (Lipinski definition) is 4. The van der Waals surface area contributed by atoms with E-state index in [0.717, 1.165) is 24.8 Å². The Morgan fingerprint density at radius 1 is 1.03 bits per heavy atom. The predicted octanol–water partition coefficient (Wildman–Crippen LogP) is 4.79. The first-order chi connectivity index (χ1) is 15.5. The molecule has 0 bridgehead atoms. The molecular formula is C26H40N2O4. The highest BCUT2D eigenvalue weighted by molar-refractivity contribution is 5.99. The highest BCUT2D eigenvalue weighted by Crippen LogP contribution is 2.16. The molecule has 1 atom stereocenters. The fourth-order valence-corrected chi connectivity index (χ4v) is 4.10. The maximum absolute atomic E-state index is 12.9. The Morgan fingerprint density at radius 2 is 1.69 bits per heavy atom. The Bertz CT molecular complexity index is 734. The van der Waals surface area contributed by atoms with Crippen LogP contribution >= 0.6 is 0 Å². The van der Waals surface area contributed by atoms with Crippen LogP contribution in [-0.4, -0.2) is 48.4 Å². The summed E-state index contributed by atoms with van der Waals surface area (Å²) in [4.78, 5) is 39.2. The van der Waals surface area contributed by atoms with E-state index in [-0.39, 0.29) is 18.2 Å². The topological polar surface area (TPSA) is 75.7 Å². The summed E-state index contributed by atoms with van der Waals surface area (Å²) in [7, 11) is 0. The molecule has 0 aliphatic carbocycles. The number of piperazine rings is 1. The quantitative estimate of drug-likeness (QED) is 0.331. The second-order valence-electron chi connectivity index (χ2n) is 8.78. The Hall–Kier alpha value is -2.37. The minimum atomic E-state index is -0.822. The molecule has 178 valence electrons. The van der Waals surface area contributed by atoms with Gasteiger partial charge in [-0.3, -0.25) is 14.4 Å². The Balaban J connectivity index is 1.69. The van der Waals surface area contributed by atoms with Gasteiger partial charge in [0, 0.05) is 18.7 Å². The molecular weight excluding hydrogens is 404 g/mol. The monoisotopic (exact) mass is 444 g/mol. The van der Waals surface area contributed by atoms with Crippen LogP contribution in [0.25, 0.3) is 0 Å². The van der Waals surface area contributed by atoms with Crippen molar-refractivity contribution in [1.82, 2.24) is 10.2 Å². The van der Waals surface area contributed by atoms with Gasteiger partial charge in [0.2, 0.25) is 5.91 Å². The van der Waals surface area contributed by atoms with Crippen molar-refractivity contribution in [2.24, 2.45) is 0 Å². The molecule has 2 rings (SSSR count). The molecule has 1 aromatic carbocycles. The molecule has 1 heterocycles. The minimum Gasteiger partial charge on any atom is -0.466 e. The summed E-state index contributed by atoms with van der Waals surface area (Å²) in [5, 5.41) is 2.76. The third kappa shape index (κ3) is 9.01. The molecule has 1 aromatic rings. The highest BCUT2D eigenvalue weighted by atomic mass is 16.5. The molecule has 2 amide bonds. The summed E-state index contributed by atoms with van der Waals surface area (Å²) in [5.74, 6) is -0.950. The summed E-state index contributed by atoms with van der Waals surface area (Å²) >= 11 is 0. The van der Waals surface area contributed by atoms with Crippen LogP contribution in [-0.2, 0) is 14.3 Å². The first-order valence-electron chi connectivity index (χ1n) is 12.3. The van der Waals surface area contributed by atoms with Crippen LogP contribution in [0.2, 0.25) is 0 Å². The molecule has 1 saturated heterocycles. The number of carbonyl (C=O) groups excluding carboxylic acids is 3. The smallest absolute Gasteiger partial charge is 0.308 e. The normalized spacial score (nSPS) is 16.0. The molecule has 32 heavy (non-hydrogen) atoms. The van der Waals surface area contributed by atoms with E-state index in [1.54, 1.807) is 12.1 Å². The molecule has 1 unspecified atom stereocenters. The average molecular weight is 445 g/mol. The lowest BCUT2D eigenvalue weighted by atomic mass is 10.1. The number of rotatable bonds is 14. The second-order valence-corrected chi connectivity index (χ2v) is 8.78. The molecule has 1 N–H and O–H groups in total. The van der Waals surface area contributed by atoms with Gasteiger partial charge in [-0.2, -0.15) is 0 Å². The van der Waals surface area contributed by atoms with Gasteiger partial charge in [0.1, 0.15) is 6.04 Å². The number of esters is 1. The summed E-state index contributed by atoms with van der Waals surface area (Å²) in [6.07, 6.45) is 12.1. The number of carbonyl (C=O) groups is 3. The van der Waals surface area contributed by atoms with Crippen molar-refractivity contribution < 1.29 is 19.1 Å². The van der Waals surface area contributed by atoms with Crippen molar-refractivity contribution in [2.45, 2.75) is 90.5 Å². The molecule has 0 aromatic heterocycles. The number of nitrogens with one attached hydrogen (secondary N) is 1. The number of hydrogen-bond donors (Lipinski definition) is 1. The molecule has 1 aliphatic heterocycles. The summed E-state index contributed by atoms with van der Waals surface area (Å²) in [6.45, 7) is 5.30. The predicted molar refractivity (Wildman–Crippen MR) is 126 cm³/mol. The van der Waals surface area contributed by atoms with Crippen molar-refractivity contribution in [2.75, 3.05) is 19.7 Å². The van der Waals surface area contributed by atoms with Crippen molar-refractivity contribution in [3.8, 4) is 0 Å². The van der Waals surface area contributed by atoms with Gasteiger partial charge in [-0.1, -0.05) is 82.4 Å². The van der Waals surface area contributed by atoms with Gasteiger partial charge in [-0.05, 0) is 25.5 Å². The first kappa shape index (κ1) is 25.9. The van der Waals surface area contributed by atoms with E-state index in [1.807, 2.05) is 19.1 Å². The van der Waals surface area contributed by atoms with Crippen molar-refractivity contribution in [3.63, 3.8) is 0 Å². The number of unbranched alkanes of at least 4 members (excludes halogenated alkanes) is 9. The maximum Gasteiger partial charge on any atom is 0.308 e. The van der Waals surface area contributed by atoms with Crippen LogP contribution in [0.5, 0.6) is 0 Å². The van der Waals surface area contributed by atoms with Crippen molar-refractivity contribution in [1.29, 1.82) is 0 Å². The zero-order valence-corrected chi connectivity index (χ0v) is 19.9. The van der Waals surface area contributed by atoms with Gasteiger partial charge in [0.05, 0.1) is 13.0 Å². The van der Waals surface area contributed by atoms with E-state index in [2.05, 4.69) is 12.2 Å². The molecule has 1 aliphatic rings. The number of nitrogens with zero attached hydrogens (tertiary/aromatic N) is 1. The first-order valence-corrected chi connectivity index (χ1v) is 12.3. The van der Waals surface area contributed by atoms with Crippen molar-refractivity contribution >= 4 is 17.8 Å². The number of ether oxygens (including phenoxy) is 1. The standard InChI is InChI=1S/C26H40N2O4/c1-3-4-5-6-7-8-9-10-11-12-18-32-24(29)20-23-25(30)27-16-17-28(23)26(31)22-15-13-14-21(2)19-22/h13-15,19,23H,3-12,16-18,20H2,1-2H3,(H,27,30). The van der Waals surface area contributed by atoms with E-state index < -0.39 is 12.0 Å².